The molecule has 0 bridgehead atoms. The molecule has 0 saturated carbocycles. The van der Waals surface area contributed by atoms with Crippen LogP contribution < -0.4 is 15.8 Å². The lowest BCUT2D eigenvalue weighted by Gasteiger charge is -2.10. The van der Waals surface area contributed by atoms with E-state index in [1.54, 1.807) is 37.3 Å². The molecule has 0 spiro atoms. The molecule has 0 aliphatic heterocycles. The van der Waals surface area contributed by atoms with Crippen molar-refractivity contribution in [1.29, 1.82) is 0 Å². The number of hydrogen-bond acceptors (Lipinski definition) is 3. The van der Waals surface area contributed by atoms with Gasteiger partial charge in [0, 0.05) is 11.8 Å². The number of nitrogen functional groups attached to an aromatic ring is 1. The molecule has 0 atom stereocenters. The number of nitrogens with two attached hydrogens (primary N) is 1. The number of amides is 1. The van der Waals surface area contributed by atoms with E-state index in [9.17, 15) is 9.18 Å². The SMILES string of the molecule is Cc1ccc(OCC(=O)Nc2cc(N)ccc2Cl)cc1F. The Kier molecular flexibility index (Phi) is 4.65. The Morgan fingerprint density at radius 1 is 1.33 bits per heavy atom. The molecule has 4 nitrogen and oxygen atoms in total. The van der Waals surface area contributed by atoms with E-state index in [1.165, 1.54) is 6.07 Å². The molecule has 110 valence electrons. The topological polar surface area (TPSA) is 64.3 Å². The van der Waals surface area contributed by atoms with Gasteiger partial charge in [0.1, 0.15) is 11.6 Å². The van der Waals surface area contributed by atoms with E-state index in [0.29, 0.717) is 22.0 Å². The van der Waals surface area contributed by atoms with Crippen molar-refractivity contribution in [2.75, 3.05) is 17.7 Å². The fraction of sp³-hybridized carbons (Fsp3) is 0.133. The molecule has 2 aromatic carbocycles. The molecule has 0 radical (unpaired) electrons. The highest BCUT2D eigenvalue weighted by molar-refractivity contribution is 6.33. The van der Waals surface area contributed by atoms with Gasteiger partial charge in [-0.05, 0) is 36.8 Å². The lowest BCUT2D eigenvalue weighted by atomic mass is 10.2. The Labute approximate surface area is 126 Å². The van der Waals surface area contributed by atoms with Crippen LogP contribution in [-0.2, 0) is 4.79 Å². The maximum absolute atomic E-state index is 13.3. The molecule has 6 heteroatoms. The van der Waals surface area contributed by atoms with E-state index < -0.39 is 5.91 Å². The van der Waals surface area contributed by atoms with Crippen LogP contribution in [0, 0.1) is 12.7 Å². The Morgan fingerprint density at radius 3 is 2.81 bits per heavy atom. The molecular weight excluding hydrogens is 295 g/mol. The van der Waals surface area contributed by atoms with Crippen molar-refractivity contribution in [3.63, 3.8) is 0 Å². The summed E-state index contributed by atoms with van der Waals surface area (Å²) in [5.41, 5.74) is 7.01. The first-order valence-corrected chi connectivity index (χ1v) is 6.57. The number of hydrogen-bond donors (Lipinski definition) is 2. The van der Waals surface area contributed by atoms with Crippen molar-refractivity contribution in [2.45, 2.75) is 6.92 Å². The predicted molar refractivity (Wildman–Crippen MR) is 81.1 cm³/mol. The highest BCUT2D eigenvalue weighted by Crippen LogP contribution is 2.24. The Morgan fingerprint density at radius 2 is 2.10 bits per heavy atom. The van der Waals surface area contributed by atoms with Crippen molar-refractivity contribution >= 4 is 28.9 Å². The maximum atomic E-state index is 13.3. The minimum atomic E-state index is -0.413. The van der Waals surface area contributed by atoms with Crippen LogP contribution in [0.1, 0.15) is 5.56 Å². The van der Waals surface area contributed by atoms with Crippen LogP contribution in [0.3, 0.4) is 0 Å². The molecule has 0 heterocycles. The molecule has 0 aromatic heterocycles. The summed E-state index contributed by atoms with van der Waals surface area (Å²) in [7, 11) is 0. The van der Waals surface area contributed by atoms with Gasteiger partial charge in [0.2, 0.25) is 0 Å². The highest BCUT2D eigenvalue weighted by atomic mass is 35.5. The lowest BCUT2D eigenvalue weighted by Crippen LogP contribution is -2.20. The first kappa shape index (κ1) is 15.1. The first-order chi connectivity index (χ1) is 9.95. The number of ether oxygens (including phenoxy) is 1. The van der Waals surface area contributed by atoms with Gasteiger partial charge in [0.15, 0.2) is 6.61 Å². The van der Waals surface area contributed by atoms with Crippen LogP contribution in [0.4, 0.5) is 15.8 Å². The number of aryl methyl sites for hydroxylation is 1. The summed E-state index contributed by atoms with van der Waals surface area (Å²) in [4.78, 5) is 11.8. The van der Waals surface area contributed by atoms with Gasteiger partial charge in [-0.1, -0.05) is 17.7 Å². The fourth-order valence-electron chi connectivity index (χ4n) is 1.64. The van der Waals surface area contributed by atoms with Gasteiger partial charge in [-0.2, -0.15) is 0 Å². The third-order valence-electron chi connectivity index (χ3n) is 2.78. The van der Waals surface area contributed by atoms with Gasteiger partial charge >= 0.3 is 0 Å². The number of benzene rings is 2. The van der Waals surface area contributed by atoms with Crippen LogP contribution in [-0.4, -0.2) is 12.5 Å². The van der Waals surface area contributed by atoms with Crippen molar-refractivity contribution < 1.29 is 13.9 Å². The van der Waals surface area contributed by atoms with Gasteiger partial charge in [-0.25, -0.2) is 4.39 Å². The summed E-state index contributed by atoms with van der Waals surface area (Å²) >= 11 is 5.93. The average molecular weight is 309 g/mol. The molecule has 3 N–H and O–H groups in total. The van der Waals surface area contributed by atoms with E-state index in [2.05, 4.69) is 5.32 Å². The third kappa shape index (κ3) is 4.10. The molecule has 0 aliphatic carbocycles. The fourth-order valence-corrected chi connectivity index (χ4v) is 1.80. The molecule has 0 unspecified atom stereocenters. The maximum Gasteiger partial charge on any atom is 0.262 e. The molecule has 2 rings (SSSR count). The van der Waals surface area contributed by atoms with Crippen molar-refractivity contribution in [3.8, 4) is 5.75 Å². The first-order valence-electron chi connectivity index (χ1n) is 6.19. The number of carbonyl (C=O) groups is 1. The van der Waals surface area contributed by atoms with E-state index in [0.717, 1.165) is 0 Å². The number of anilines is 2. The number of halogens is 2. The standard InChI is InChI=1S/C15H14ClFN2O2/c1-9-2-4-11(7-13(9)17)21-8-15(20)19-14-6-10(18)3-5-12(14)16/h2-7H,8,18H2,1H3,(H,19,20). The van der Waals surface area contributed by atoms with Crippen LogP contribution in [0.25, 0.3) is 0 Å². The minimum Gasteiger partial charge on any atom is -0.484 e. The number of carbonyl (C=O) groups excluding carboxylic acids is 1. The molecule has 0 aliphatic rings. The van der Waals surface area contributed by atoms with Crippen molar-refractivity contribution in [1.82, 2.24) is 0 Å². The Bertz CT molecular complexity index is 677. The smallest absolute Gasteiger partial charge is 0.262 e. The zero-order valence-corrected chi connectivity index (χ0v) is 12.1. The second-order valence-corrected chi connectivity index (χ2v) is 4.89. The van der Waals surface area contributed by atoms with E-state index in [4.69, 9.17) is 22.1 Å². The predicted octanol–water partition coefficient (Wildman–Crippen LogP) is 3.39. The lowest BCUT2D eigenvalue weighted by molar-refractivity contribution is -0.118. The second kappa shape index (κ2) is 6.45. The van der Waals surface area contributed by atoms with Gasteiger partial charge in [0.05, 0.1) is 10.7 Å². The largest absolute Gasteiger partial charge is 0.484 e. The third-order valence-corrected chi connectivity index (χ3v) is 3.11. The number of nitrogens with one attached hydrogen (secondary N) is 1. The van der Waals surface area contributed by atoms with Crippen LogP contribution in [0.15, 0.2) is 36.4 Å². The van der Waals surface area contributed by atoms with Gasteiger partial charge < -0.3 is 15.8 Å². The van der Waals surface area contributed by atoms with Gasteiger partial charge in [-0.3, -0.25) is 4.79 Å². The van der Waals surface area contributed by atoms with Crippen LogP contribution in [0.5, 0.6) is 5.75 Å². The van der Waals surface area contributed by atoms with Gasteiger partial charge in [0.25, 0.3) is 5.91 Å². The van der Waals surface area contributed by atoms with Crippen molar-refractivity contribution in [3.05, 3.63) is 52.8 Å². The summed E-state index contributed by atoms with van der Waals surface area (Å²) in [5.74, 6) is -0.512. The summed E-state index contributed by atoms with van der Waals surface area (Å²) in [6.45, 7) is 1.39. The summed E-state index contributed by atoms with van der Waals surface area (Å²) in [6.07, 6.45) is 0. The average Bonchev–Trinajstić information content (AvgIpc) is 2.44. The normalized spacial score (nSPS) is 10.2. The summed E-state index contributed by atoms with van der Waals surface area (Å²) < 4.78 is 18.6. The molecule has 0 fully saturated rings. The zero-order chi connectivity index (χ0) is 15.4. The zero-order valence-electron chi connectivity index (χ0n) is 11.3. The second-order valence-electron chi connectivity index (χ2n) is 4.49. The van der Waals surface area contributed by atoms with Crippen LogP contribution in [0.2, 0.25) is 5.02 Å². The van der Waals surface area contributed by atoms with E-state index in [-0.39, 0.29) is 18.2 Å². The number of rotatable bonds is 4. The monoisotopic (exact) mass is 308 g/mol. The molecular formula is C15H14ClFN2O2. The highest BCUT2D eigenvalue weighted by Gasteiger charge is 2.08. The van der Waals surface area contributed by atoms with Gasteiger partial charge in [-0.15, -0.1) is 0 Å². The Hall–Kier alpha value is -2.27. The summed E-state index contributed by atoms with van der Waals surface area (Å²) in [5, 5.41) is 2.95. The molecule has 0 saturated heterocycles. The molecule has 21 heavy (non-hydrogen) atoms. The molecule has 2 aromatic rings. The van der Waals surface area contributed by atoms with Crippen molar-refractivity contribution in [2.24, 2.45) is 0 Å². The quantitative estimate of drug-likeness (QED) is 0.851. The van der Waals surface area contributed by atoms with E-state index in [1.807, 2.05) is 0 Å². The van der Waals surface area contributed by atoms with Crippen LogP contribution >= 0.6 is 11.6 Å². The van der Waals surface area contributed by atoms with E-state index >= 15 is 0 Å². The summed E-state index contributed by atoms with van der Waals surface area (Å²) in [6, 6.07) is 9.17. The molecule has 1 amide bonds. The Balaban J connectivity index is 1.95. The minimum absolute atomic E-state index is 0.256.